The van der Waals surface area contributed by atoms with E-state index in [9.17, 15) is 15.3 Å². The average molecular weight is 501 g/mol. The van der Waals surface area contributed by atoms with Crippen molar-refractivity contribution >= 4 is 34.0 Å². The standard InChI is InChI=1S/C28H28N4OS2/c1-18(2)14-22-10-8-21(16-29)27(31-22)34-13-12-26(33)32-28-24(17-30)23-11-9-20(15-25(23)35-28)19-6-4-3-5-7-19/h3-8,10,18,20H,9,11-15H2,1-2H3,(H,32,33). The maximum absolute atomic E-state index is 12.7. The number of nitrogens with zero attached hydrogens (tertiary/aromatic N) is 3. The number of carbonyl (C=O) groups is 1. The first-order chi connectivity index (χ1) is 17.0. The van der Waals surface area contributed by atoms with Crippen LogP contribution in [-0.4, -0.2) is 16.6 Å². The molecule has 0 fully saturated rings. The lowest BCUT2D eigenvalue weighted by atomic mass is 9.83. The summed E-state index contributed by atoms with van der Waals surface area (Å²) >= 11 is 2.97. The molecule has 1 amide bonds. The molecule has 3 aromatic rings. The number of nitrogens with one attached hydrogen (secondary N) is 1. The number of thioether (sulfide) groups is 1. The van der Waals surface area contributed by atoms with E-state index in [0.717, 1.165) is 36.9 Å². The van der Waals surface area contributed by atoms with Gasteiger partial charge in [-0.2, -0.15) is 10.5 Å². The minimum Gasteiger partial charge on any atom is -0.317 e. The minimum absolute atomic E-state index is 0.121. The highest BCUT2D eigenvalue weighted by Gasteiger charge is 2.27. The molecule has 1 aromatic carbocycles. The number of pyridine rings is 1. The number of thiophene rings is 1. The molecule has 4 rings (SSSR count). The lowest BCUT2D eigenvalue weighted by molar-refractivity contribution is -0.115. The van der Waals surface area contributed by atoms with Gasteiger partial charge in [-0.1, -0.05) is 44.2 Å². The quantitative estimate of drug-likeness (QED) is 0.358. The number of fused-ring (bicyclic) bond motifs is 1. The number of carbonyl (C=O) groups excluding carboxylic acids is 1. The molecule has 1 unspecified atom stereocenters. The number of nitriles is 2. The third-order valence-electron chi connectivity index (χ3n) is 6.12. The molecule has 5 nitrogen and oxygen atoms in total. The molecule has 2 aromatic heterocycles. The summed E-state index contributed by atoms with van der Waals surface area (Å²) in [4.78, 5) is 18.6. The van der Waals surface area contributed by atoms with Crippen LogP contribution in [0.5, 0.6) is 0 Å². The molecule has 0 spiro atoms. The van der Waals surface area contributed by atoms with Crippen molar-refractivity contribution < 1.29 is 4.79 Å². The number of benzene rings is 1. The van der Waals surface area contributed by atoms with Gasteiger partial charge in [0, 0.05) is 22.7 Å². The van der Waals surface area contributed by atoms with E-state index >= 15 is 0 Å². The van der Waals surface area contributed by atoms with Crippen LogP contribution in [0.15, 0.2) is 47.5 Å². The van der Waals surface area contributed by atoms with Crippen molar-refractivity contribution in [2.75, 3.05) is 11.1 Å². The lowest BCUT2D eigenvalue weighted by Gasteiger charge is -2.22. The van der Waals surface area contributed by atoms with Crippen LogP contribution in [0.4, 0.5) is 5.00 Å². The van der Waals surface area contributed by atoms with E-state index in [1.165, 1.54) is 22.2 Å². The van der Waals surface area contributed by atoms with Crippen LogP contribution >= 0.6 is 23.1 Å². The maximum Gasteiger partial charge on any atom is 0.225 e. The van der Waals surface area contributed by atoms with Gasteiger partial charge in [-0.05, 0) is 60.8 Å². The molecule has 178 valence electrons. The number of hydrogen-bond donors (Lipinski definition) is 1. The maximum atomic E-state index is 12.7. The van der Waals surface area contributed by atoms with Gasteiger partial charge in [-0.15, -0.1) is 23.1 Å². The summed E-state index contributed by atoms with van der Waals surface area (Å²) < 4.78 is 0. The molecule has 0 saturated heterocycles. The van der Waals surface area contributed by atoms with Crippen LogP contribution in [0.1, 0.15) is 65.4 Å². The molecule has 1 aliphatic rings. The molecule has 7 heteroatoms. The Morgan fingerprint density at radius 2 is 2.00 bits per heavy atom. The molecule has 1 N–H and O–H groups in total. The zero-order valence-corrected chi connectivity index (χ0v) is 21.6. The molecule has 1 atom stereocenters. The fraction of sp³-hybridized carbons (Fsp3) is 0.357. The molecule has 0 saturated carbocycles. The predicted molar refractivity (Wildman–Crippen MR) is 142 cm³/mol. The van der Waals surface area contributed by atoms with E-state index < -0.39 is 0 Å². The van der Waals surface area contributed by atoms with Crippen LogP contribution in [-0.2, 0) is 24.1 Å². The summed E-state index contributed by atoms with van der Waals surface area (Å²) in [6, 6.07) is 18.7. The van der Waals surface area contributed by atoms with E-state index in [2.05, 4.69) is 60.6 Å². The van der Waals surface area contributed by atoms with Gasteiger partial charge < -0.3 is 5.32 Å². The zero-order chi connectivity index (χ0) is 24.8. The number of amides is 1. The van der Waals surface area contributed by atoms with Gasteiger partial charge in [0.2, 0.25) is 5.91 Å². The summed E-state index contributed by atoms with van der Waals surface area (Å²) in [6.07, 6.45) is 3.90. The summed E-state index contributed by atoms with van der Waals surface area (Å²) in [5.74, 6) is 1.32. The monoisotopic (exact) mass is 500 g/mol. The first kappa shape index (κ1) is 25.0. The number of rotatable bonds is 8. The highest BCUT2D eigenvalue weighted by atomic mass is 32.2. The first-order valence-electron chi connectivity index (χ1n) is 11.9. The van der Waals surface area contributed by atoms with Crippen LogP contribution in [0, 0.1) is 28.6 Å². The summed E-state index contributed by atoms with van der Waals surface area (Å²) in [7, 11) is 0. The van der Waals surface area contributed by atoms with E-state index in [0.29, 0.717) is 38.7 Å². The van der Waals surface area contributed by atoms with Crippen molar-refractivity contribution in [3.8, 4) is 12.1 Å². The van der Waals surface area contributed by atoms with Gasteiger partial charge in [0.25, 0.3) is 0 Å². The zero-order valence-electron chi connectivity index (χ0n) is 20.0. The summed E-state index contributed by atoms with van der Waals surface area (Å²) in [6.45, 7) is 4.27. The normalized spacial score (nSPS) is 14.7. The molecule has 0 bridgehead atoms. The van der Waals surface area contributed by atoms with E-state index in [-0.39, 0.29) is 12.3 Å². The Morgan fingerprint density at radius 3 is 2.71 bits per heavy atom. The predicted octanol–water partition coefficient (Wildman–Crippen LogP) is 6.48. The molecular weight excluding hydrogens is 472 g/mol. The van der Waals surface area contributed by atoms with Crippen molar-refractivity contribution in [2.24, 2.45) is 5.92 Å². The number of aromatic nitrogens is 1. The highest BCUT2D eigenvalue weighted by molar-refractivity contribution is 7.99. The second-order valence-electron chi connectivity index (χ2n) is 9.18. The molecule has 35 heavy (non-hydrogen) atoms. The lowest BCUT2D eigenvalue weighted by Crippen LogP contribution is -2.13. The molecule has 1 aliphatic carbocycles. The van der Waals surface area contributed by atoms with Crippen molar-refractivity contribution in [3.05, 3.63) is 75.3 Å². The van der Waals surface area contributed by atoms with E-state index in [1.54, 1.807) is 11.3 Å². The molecular formula is C28H28N4OS2. The van der Waals surface area contributed by atoms with Crippen LogP contribution in [0.25, 0.3) is 0 Å². The Hall–Kier alpha value is -3.13. The van der Waals surface area contributed by atoms with Crippen molar-refractivity contribution in [1.82, 2.24) is 4.98 Å². The highest BCUT2D eigenvalue weighted by Crippen LogP contribution is 2.42. The first-order valence-corrected chi connectivity index (χ1v) is 13.7. The molecule has 0 radical (unpaired) electrons. The topological polar surface area (TPSA) is 89.6 Å². The van der Waals surface area contributed by atoms with Crippen LogP contribution in [0.3, 0.4) is 0 Å². The smallest absolute Gasteiger partial charge is 0.225 e. The van der Waals surface area contributed by atoms with Crippen LogP contribution < -0.4 is 5.32 Å². The van der Waals surface area contributed by atoms with Gasteiger partial charge in [0.1, 0.15) is 22.2 Å². The van der Waals surface area contributed by atoms with Crippen molar-refractivity contribution in [1.29, 1.82) is 10.5 Å². The summed E-state index contributed by atoms with van der Waals surface area (Å²) in [5, 5.41) is 23.5. The molecule has 2 heterocycles. The Kier molecular flexibility index (Phi) is 8.23. The third kappa shape index (κ3) is 6.11. The fourth-order valence-corrected chi connectivity index (χ4v) is 6.66. The van der Waals surface area contributed by atoms with Gasteiger partial charge in [-0.3, -0.25) is 4.79 Å². The summed E-state index contributed by atoms with van der Waals surface area (Å²) in [5.41, 5.74) is 4.54. The molecule has 0 aliphatic heterocycles. The number of anilines is 1. The van der Waals surface area contributed by atoms with E-state index in [4.69, 9.17) is 0 Å². The second-order valence-corrected chi connectivity index (χ2v) is 11.4. The Bertz CT molecular complexity index is 1280. The van der Waals surface area contributed by atoms with Crippen LogP contribution in [0.2, 0.25) is 0 Å². The minimum atomic E-state index is -0.121. The Balaban J connectivity index is 1.39. The van der Waals surface area contributed by atoms with Gasteiger partial charge in [0.15, 0.2) is 0 Å². The van der Waals surface area contributed by atoms with Gasteiger partial charge >= 0.3 is 0 Å². The van der Waals surface area contributed by atoms with Crippen molar-refractivity contribution in [2.45, 2.75) is 56.9 Å². The average Bonchev–Trinajstić information content (AvgIpc) is 3.20. The van der Waals surface area contributed by atoms with Crippen molar-refractivity contribution in [3.63, 3.8) is 0 Å². The third-order valence-corrected chi connectivity index (χ3v) is 8.29. The van der Waals surface area contributed by atoms with E-state index in [1.807, 2.05) is 18.2 Å². The van der Waals surface area contributed by atoms with Gasteiger partial charge in [-0.25, -0.2) is 4.98 Å². The van der Waals surface area contributed by atoms with Gasteiger partial charge in [0.05, 0.1) is 11.1 Å². The second kappa shape index (κ2) is 11.5. The largest absolute Gasteiger partial charge is 0.317 e. The SMILES string of the molecule is CC(C)Cc1ccc(C#N)c(SCCC(=O)Nc2sc3c(c2C#N)CCC(c2ccccc2)C3)n1. The number of hydrogen-bond acceptors (Lipinski definition) is 6. The fourth-order valence-electron chi connectivity index (χ4n) is 4.44. The Labute approximate surface area is 215 Å². The Morgan fingerprint density at radius 1 is 1.20 bits per heavy atom.